The maximum atomic E-state index is 12.0. The van der Waals surface area contributed by atoms with Crippen molar-refractivity contribution >= 4 is 5.91 Å². The molecule has 0 saturated heterocycles. The van der Waals surface area contributed by atoms with Crippen molar-refractivity contribution in [1.29, 1.82) is 5.26 Å². The molecule has 17 heavy (non-hydrogen) atoms. The predicted octanol–water partition coefficient (Wildman–Crippen LogP) is 1.83. The van der Waals surface area contributed by atoms with Crippen molar-refractivity contribution in [3.05, 3.63) is 29.6 Å². The smallest absolute Gasteiger partial charge is 0.272 e. The number of hydrogen-bond acceptors (Lipinski definition) is 3. The predicted molar refractivity (Wildman–Crippen MR) is 63.3 cm³/mol. The molecule has 88 valence electrons. The SMILES string of the molecule is CN(CC1CCC1)C(=O)c1cc(C#N)ccn1. The monoisotopic (exact) mass is 229 g/mol. The molecule has 4 nitrogen and oxygen atoms in total. The second-order valence-corrected chi connectivity index (χ2v) is 4.52. The summed E-state index contributed by atoms with van der Waals surface area (Å²) in [4.78, 5) is 17.8. The number of nitrogens with zero attached hydrogens (tertiary/aromatic N) is 3. The van der Waals surface area contributed by atoms with Crippen LogP contribution in [0.25, 0.3) is 0 Å². The second-order valence-electron chi connectivity index (χ2n) is 4.52. The number of pyridine rings is 1. The van der Waals surface area contributed by atoms with E-state index in [1.807, 2.05) is 6.07 Å². The molecular formula is C13H15N3O. The third kappa shape index (κ3) is 2.62. The van der Waals surface area contributed by atoms with Crippen molar-refractivity contribution in [2.24, 2.45) is 5.92 Å². The van der Waals surface area contributed by atoms with Gasteiger partial charge in [-0.1, -0.05) is 6.42 Å². The van der Waals surface area contributed by atoms with Gasteiger partial charge in [-0.3, -0.25) is 9.78 Å². The lowest BCUT2D eigenvalue weighted by Gasteiger charge is -2.29. The average Bonchev–Trinajstić information content (AvgIpc) is 2.32. The van der Waals surface area contributed by atoms with Crippen LogP contribution in [0.3, 0.4) is 0 Å². The molecule has 0 N–H and O–H groups in total. The molecule has 0 spiro atoms. The molecule has 1 heterocycles. The Morgan fingerprint density at radius 1 is 1.65 bits per heavy atom. The van der Waals surface area contributed by atoms with E-state index in [4.69, 9.17) is 5.26 Å². The summed E-state index contributed by atoms with van der Waals surface area (Å²) in [5, 5.41) is 8.77. The molecule has 0 bridgehead atoms. The third-order valence-corrected chi connectivity index (χ3v) is 3.21. The highest BCUT2D eigenvalue weighted by molar-refractivity contribution is 5.92. The molecule has 0 unspecified atom stereocenters. The minimum atomic E-state index is -0.103. The van der Waals surface area contributed by atoms with Crippen LogP contribution in [0.5, 0.6) is 0 Å². The fourth-order valence-electron chi connectivity index (χ4n) is 1.96. The summed E-state index contributed by atoms with van der Waals surface area (Å²) in [6, 6.07) is 5.15. The van der Waals surface area contributed by atoms with Crippen LogP contribution in [0.1, 0.15) is 35.3 Å². The molecule has 1 fully saturated rings. The van der Waals surface area contributed by atoms with E-state index in [9.17, 15) is 4.79 Å². The maximum absolute atomic E-state index is 12.0. The van der Waals surface area contributed by atoms with Gasteiger partial charge in [0.05, 0.1) is 11.6 Å². The van der Waals surface area contributed by atoms with Crippen LogP contribution in [-0.4, -0.2) is 29.4 Å². The summed E-state index contributed by atoms with van der Waals surface area (Å²) in [5.74, 6) is 0.539. The number of rotatable bonds is 3. The summed E-state index contributed by atoms with van der Waals surface area (Å²) in [6.45, 7) is 0.789. The third-order valence-electron chi connectivity index (χ3n) is 3.21. The first-order valence-electron chi connectivity index (χ1n) is 5.82. The zero-order valence-corrected chi connectivity index (χ0v) is 9.89. The molecule has 4 heteroatoms. The van der Waals surface area contributed by atoms with Gasteiger partial charge in [0.2, 0.25) is 0 Å². The van der Waals surface area contributed by atoms with Crippen molar-refractivity contribution in [3.63, 3.8) is 0 Å². The van der Waals surface area contributed by atoms with E-state index >= 15 is 0 Å². The van der Waals surface area contributed by atoms with Crippen molar-refractivity contribution < 1.29 is 4.79 Å². The fraction of sp³-hybridized carbons (Fsp3) is 0.462. The maximum Gasteiger partial charge on any atom is 0.272 e. The summed E-state index contributed by atoms with van der Waals surface area (Å²) in [7, 11) is 1.79. The molecule has 0 aliphatic heterocycles. The van der Waals surface area contributed by atoms with Crippen LogP contribution < -0.4 is 0 Å². The molecule has 0 atom stereocenters. The Morgan fingerprint density at radius 2 is 2.41 bits per heavy atom. The summed E-state index contributed by atoms with van der Waals surface area (Å²) in [5.41, 5.74) is 0.825. The number of aromatic nitrogens is 1. The second kappa shape index (κ2) is 4.96. The van der Waals surface area contributed by atoms with Crippen LogP contribution in [0.2, 0.25) is 0 Å². The Hall–Kier alpha value is -1.89. The van der Waals surface area contributed by atoms with Gasteiger partial charge in [0.15, 0.2) is 0 Å². The molecule has 0 radical (unpaired) electrons. The van der Waals surface area contributed by atoms with Gasteiger partial charge in [0.25, 0.3) is 5.91 Å². The van der Waals surface area contributed by atoms with Crippen molar-refractivity contribution in [1.82, 2.24) is 9.88 Å². The van der Waals surface area contributed by atoms with Gasteiger partial charge < -0.3 is 4.90 Å². The standard InChI is InChI=1S/C13H15N3O/c1-16(9-10-3-2-4-10)13(17)12-7-11(8-14)5-6-15-12/h5-7,10H,2-4,9H2,1H3. The van der Waals surface area contributed by atoms with E-state index < -0.39 is 0 Å². The average molecular weight is 229 g/mol. The van der Waals surface area contributed by atoms with Crippen LogP contribution in [0.15, 0.2) is 18.3 Å². The van der Waals surface area contributed by atoms with Gasteiger partial charge in [-0.25, -0.2) is 0 Å². The van der Waals surface area contributed by atoms with E-state index in [1.54, 1.807) is 24.1 Å². The summed E-state index contributed by atoms with van der Waals surface area (Å²) >= 11 is 0. The number of carbonyl (C=O) groups is 1. The highest BCUT2D eigenvalue weighted by atomic mass is 16.2. The number of nitriles is 1. The number of hydrogen-bond donors (Lipinski definition) is 0. The van der Waals surface area contributed by atoms with Gasteiger partial charge in [0, 0.05) is 19.8 Å². The molecule has 1 aliphatic rings. The van der Waals surface area contributed by atoms with Crippen LogP contribution >= 0.6 is 0 Å². The Bertz CT molecular complexity index is 460. The van der Waals surface area contributed by atoms with Crippen molar-refractivity contribution in [2.75, 3.05) is 13.6 Å². The molecule has 0 aromatic carbocycles. The minimum absolute atomic E-state index is 0.103. The molecule has 1 saturated carbocycles. The molecular weight excluding hydrogens is 214 g/mol. The molecule has 1 amide bonds. The van der Waals surface area contributed by atoms with Gasteiger partial charge in [0.1, 0.15) is 5.69 Å². The minimum Gasteiger partial charge on any atom is -0.340 e. The first-order valence-corrected chi connectivity index (χ1v) is 5.82. The zero-order valence-electron chi connectivity index (χ0n) is 9.89. The van der Waals surface area contributed by atoms with E-state index in [-0.39, 0.29) is 5.91 Å². The largest absolute Gasteiger partial charge is 0.340 e. The molecule has 1 aromatic heterocycles. The first-order chi connectivity index (χ1) is 8.20. The number of carbonyl (C=O) groups excluding carboxylic acids is 1. The van der Waals surface area contributed by atoms with Crippen LogP contribution in [0.4, 0.5) is 0 Å². The van der Waals surface area contributed by atoms with Crippen molar-refractivity contribution in [3.8, 4) is 6.07 Å². The van der Waals surface area contributed by atoms with E-state index in [2.05, 4.69) is 4.98 Å². The van der Waals surface area contributed by atoms with Gasteiger partial charge >= 0.3 is 0 Å². The normalized spacial score (nSPS) is 14.8. The van der Waals surface area contributed by atoms with Gasteiger partial charge in [-0.2, -0.15) is 5.26 Å². The fourth-order valence-corrected chi connectivity index (χ4v) is 1.96. The highest BCUT2D eigenvalue weighted by Crippen LogP contribution is 2.26. The summed E-state index contributed by atoms with van der Waals surface area (Å²) < 4.78 is 0. The lowest BCUT2D eigenvalue weighted by Crippen LogP contribution is -2.34. The lowest BCUT2D eigenvalue weighted by atomic mass is 9.85. The van der Waals surface area contributed by atoms with E-state index in [0.29, 0.717) is 17.2 Å². The van der Waals surface area contributed by atoms with E-state index in [0.717, 1.165) is 6.54 Å². The molecule has 1 aromatic rings. The molecule has 1 aliphatic carbocycles. The van der Waals surface area contributed by atoms with Crippen LogP contribution in [-0.2, 0) is 0 Å². The Balaban J connectivity index is 2.04. The van der Waals surface area contributed by atoms with Crippen molar-refractivity contribution in [2.45, 2.75) is 19.3 Å². The quantitative estimate of drug-likeness (QED) is 0.794. The van der Waals surface area contributed by atoms with Crippen LogP contribution in [0, 0.1) is 17.2 Å². The van der Waals surface area contributed by atoms with Gasteiger partial charge in [-0.15, -0.1) is 0 Å². The Morgan fingerprint density at radius 3 is 3.00 bits per heavy atom. The topological polar surface area (TPSA) is 57.0 Å². The Kier molecular flexibility index (Phi) is 3.38. The summed E-state index contributed by atoms with van der Waals surface area (Å²) in [6.07, 6.45) is 5.20. The van der Waals surface area contributed by atoms with Gasteiger partial charge in [-0.05, 0) is 30.9 Å². The first kappa shape index (κ1) is 11.6. The zero-order chi connectivity index (χ0) is 12.3. The highest BCUT2D eigenvalue weighted by Gasteiger charge is 2.22. The van der Waals surface area contributed by atoms with E-state index in [1.165, 1.54) is 25.5 Å². The Labute approximate surface area is 101 Å². The number of amides is 1. The lowest BCUT2D eigenvalue weighted by molar-refractivity contribution is 0.0739. The molecule has 2 rings (SSSR count).